The van der Waals surface area contributed by atoms with Gasteiger partial charge in [0.2, 0.25) is 0 Å². The molecule has 0 bridgehead atoms. The Kier molecular flexibility index (Phi) is 2.09. The van der Waals surface area contributed by atoms with Gasteiger partial charge in [0, 0.05) is 6.21 Å². The van der Waals surface area contributed by atoms with Gasteiger partial charge in [-0.15, -0.1) is 0 Å². The van der Waals surface area contributed by atoms with Gasteiger partial charge in [-0.1, -0.05) is 30.3 Å². The molecule has 0 amide bonds. The Morgan fingerprint density at radius 1 is 1.15 bits per heavy atom. The molecule has 1 aromatic rings. The third-order valence-electron chi connectivity index (χ3n) is 1.91. The minimum atomic E-state index is 1.03. The van der Waals surface area contributed by atoms with Crippen LogP contribution in [0.4, 0.5) is 0 Å². The summed E-state index contributed by atoms with van der Waals surface area (Å²) in [5.41, 5.74) is 3.44. The molecule has 0 unspecified atom stereocenters. The monoisotopic (exact) mass is 169 g/mol. The fraction of sp³-hybridized carbons (Fsp3) is 0.0833. The number of hydrogen-bond donors (Lipinski definition) is 0. The van der Waals surface area contributed by atoms with Crippen molar-refractivity contribution in [2.75, 3.05) is 0 Å². The lowest BCUT2D eigenvalue weighted by molar-refractivity contribution is 1.48. The maximum Gasteiger partial charge on any atom is 0.0638 e. The smallest absolute Gasteiger partial charge is 0.0638 e. The Morgan fingerprint density at radius 2 is 1.92 bits per heavy atom. The number of allylic oxidation sites excluding steroid dienone is 2. The number of nitrogens with zero attached hydrogens (tertiary/aromatic N) is 1. The van der Waals surface area contributed by atoms with E-state index in [9.17, 15) is 0 Å². The van der Waals surface area contributed by atoms with Crippen molar-refractivity contribution in [1.29, 1.82) is 0 Å². The fourth-order valence-corrected chi connectivity index (χ4v) is 1.28. The molecule has 0 fully saturated rings. The van der Waals surface area contributed by atoms with Crippen molar-refractivity contribution in [3.8, 4) is 0 Å². The van der Waals surface area contributed by atoms with Gasteiger partial charge in [-0.3, -0.25) is 4.99 Å². The van der Waals surface area contributed by atoms with Crippen LogP contribution in [0.1, 0.15) is 12.5 Å². The van der Waals surface area contributed by atoms with Crippen LogP contribution in [0.3, 0.4) is 0 Å². The fourth-order valence-electron chi connectivity index (χ4n) is 1.28. The average Bonchev–Trinajstić information content (AvgIpc) is 2.53. The Bertz CT molecular complexity index is 383. The molecule has 1 heterocycles. The number of hydrogen-bond acceptors (Lipinski definition) is 1. The quantitative estimate of drug-likeness (QED) is 0.612. The van der Waals surface area contributed by atoms with Crippen molar-refractivity contribution in [1.82, 2.24) is 0 Å². The summed E-state index contributed by atoms with van der Waals surface area (Å²) in [7, 11) is 0. The van der Waals surface area contributed by atoms with E-state index in [-0.39, 0.29) is 0 Å². The minimum absolute atomic E-state index is 1.03. The second kappa shape index (κ2) is 3.40. The van der Waals surface area contributed by atoms with Crippen LogP contribution in [0.5, 0.6) is 0 Å². The SMILES string of the molecule is CC1=C/C(=C\c2ccccc2)N=C1. The van der Waals surface area contributed by atoms with Crippen LogP contribution in [0.2, 0.25) is 0 Å². The Balaban J connectivity index is 2.28. The molecule has 0 saturated heterocycles. The zero-order valence-electron chi connectivity index (χ0n) is 7.57. The molecule has 1 heteroatoms. The molecule has 13 heavy (non-hydrogen) atoms. The van der Waals surface area contributed by atoms with E-state index in [1.54, 1.807) is 0 Å². The molecule has 0 radical (unpaired) electrons. The number of aliphatic imine (C=N–C) groups is 1. The minimum Gasteiger partial charge on any atom is -0.257 e. The summed E-state index contributed by atoms with van der Waals surface area (Å²) in [5.74, 6) is 0. The molecule has 64 valence electrons. The second-order valence-corrected chi connectivity index (χ2v) is 3.13. The standard InChI is InChI=1S/C12H11N/c1-10-7-12(13-9-10)8-11-5-3-2-4-6-11/h2-9H,1H3/b12-8+. The number of rotatable bonds is 1. The van der Waals surface area contributed by atoms with Crippen LogP contribution >= 0.6 is 0 Å². The normalized spacial score (nSPS) is 17.9. The third-order valence-corrected chi connectivity index (χ3v) is 1.91. The summed E-state index contributed by atoms with van der Waals surface area (Å²) in [4.78, 5) is 4.26. The van der Waals surface area contributed by atoms with Crippen LogP contribution in [0, 0.1) is 0 Å². The van der Waals surface area contributed by atoms with E-state index < -0.39 is 0 Å². The predicted octanol–water partition coefficient (Wildman–Crippen LogP) is 3.06. The Labute approximate surface area is 78.1 Å². The van der Waals surface area contributed by atoms with Gasteiger partial charge in [0.25, 0.3) is 0 Å². The lowest BCUT2D eigenvalue weighted by Gasteiger charge is -1.92. The van der Waals surface area contributed by atoms with E-state index >= 15 is 0 Å². The molecule has 2 rings (SSSR count). The number of benzene rings is 1. The van der Waals surface area contributed by atoms with Gasteiger partial charge >= 0.3 is 0 Å². The highest BCUT2D eigenvalue weighted by molar-refractivity contribution is 5.84. The van der Waals surface area contributed by atoms with Crippen LogP contribution in [0.15, 0.2) is 52.7 Å². The van der Waals surface area contributed by atoms with Crippen LogP contribution in [-0.4, -0.2) is 6.21 Å². The van der Waals surface area contributed by atoms with Crippen molar-refractivity contribution in [3.05, 3.63) is 53.2 Å². The Morgan fingerprint density at radius 3 is 2.54 bits per heavy atom. The van der Waals surface area contributed by atoms with E-state index in [4.69, 9.17) is 0 Å². The van der Waals surface area contributed by atoms with E-state index in [2.05, 4.69) is 36.2 Å². The molecule has 1 aromatic carbocycles. The van der Waals surface area contributed by atoms with E-state index in [1.165, 1.54) is 11.1 Å². The molecule has 0 aliphatic carbocycles. The summed E-state index contributed by atoms with van der Waals surface area (Å²) in [6.45, 7) is 2.05. The van der Waals surface area contributed by atoms with Crippen molar-refractivity contribution in [2.24, 2.45) is 4.99 Å². The third kappa shape index (κ3) is 1.94. The van der Waals surface area contributed by atoms with Crippen molar-refractivity contribution in [2.45, 2.75) is 6.92 Å². The second-order valence-electron chi connectivity index (χ2n) is 3.13. The van der Waals surface area contributed by atoms with Gasteiger partial charge in [-0.05, 0) is 30.2 Å². The van der Waals surface area contributed by atoms with Crippen LogP contribution in [-0.2, 0) is 0 Å². The van der Waals surface area contributed by atoms with Gasteiger partial charge < -0.3 is 0 Å². The molecule has 0 N–H and O–H groups in total. The van der Waals surface area contributed by atoms with E-state index in [0.29, 0.717) is 0 Å². The lowest BCUT2D eigenvalue weighted by Crippen LogP contribution is -1.71. The zero-order chi connectivity index (χ0) is 9.10. The molecule has 0 aromatic heterocycles. The van der Waals surface area contributed by atoms with Gasteiger partial charge in [-0.25, -0.2) is 0 Å². The Hall–Kier alpha value is -1.63. The first-order valence-electron chi connectivity index (χ1n) is 4.34. The summed E-state index contributed by atoms with van der Waals surface area (Å²) in [6.07, 6.45) is 6.04. The van der Waals surface area contributed by atoms with Crippen LogP contribution < -0.4 is 0 Å². The first kappa shape index (κ1) is 7.99. The average molecular weight is 169 g/mol. The topological polar surface area (TPSA) is 12.4 Å². The van der Waals surface area contributed by atoms with Gasteiger partial charge in [-0.2, -0.15) is 0 Å². The molecular formula is C12H11N. The summed E-state index contributed by atoms with van der Waals surface area (Å²) in [6, 6.07) is 10.2. The lowest BCUT2D eigenvalue weighted by atomic mass is 10.2. The molecule has 1 aliphatic rings. The highest BCUT2D eigenvalue weighted by Crippen LogP contribution is 2.14. The van der Waals surface area contributed by atoms with Crippen LogP contribution in [0.25, 0.3) is 6.08 Å². The molecule has 0 spiro atoms. The first-order chi connectivity index (χ1) is 6.34. The summed E-state index contributed by atoms with van der Waals surface area (Å²) >= 11 is 0. The molecule has 1 aliphatic heterocycles. The largest absolute Gasteiger partial charge is 0.257 e. The molecule has 1 nitrogen and oxygen atoms in total. The highest BCUT2D eigenvalue weighted by atomic mass is 14.7. The van der Waals surface area contributed by atoms with E-state index in [1.807, 2.05) is 24.4 Å². The maximum absolute atomic E-state index is 4.26. The van der Waals surface area contributed by atoms with Gasteiger partial charge in [0.15, 0.2) is 0 Å². The van der Waals surface area contributed by atoms with Crippen molar-refractivity contribution < 1.29 is 0 Å². The highest BCUT2D eigenvalue weighted by Gasteiger charge is 1.97. The van der Waals surface area contributed by atoms with Crippen molar-refractivity contribution >= 4 is 12.3 Å². The predicted molar refractivity (Wildman–Crippen MR) is 56.7 cm³/mol. The van der Waals surface area contributed by atoms with Crippen molar-refractivity contribution in [3.63, 3.8) is 0 Å². The molecular weight excluding hydrogens is 158 g/mol. The summed E-state index contributed by atoms with van der Waals surface area (Å²) in [5, 5.41) is 0. The van der Waals surface area contributed by atoms with Gasteiger partial charge in [0.1, 0.15) is 0 Å². The van der Waals surface area contributed by atoms with E-state index in [0.717, 1.165) is 5.70 Å². The first-order valence-corrected chi connectivity index (χ1v) is 4.34. The molecule has 0 atom stereocenters. The maximum atomic E-state index is 4.26. The zero-order valence-corrected chi connectivity index (χ0v) is 7.57. The molecule has 0 saturated carbocycles. The van der Waals surface area contributed by atoms with Gasteiger partial charge in [0.05, 0.1) is 5.70 Å². The summed E-state index contributed by atoms with van der Waals surface area (Å²) < 4.78 is 0.